The lowest BCUT2D eigenvalue weighted by atomic mass is 10.3. The van der Waals surface area contributed by atoms with E-state index < -0.39 is 0 Å². The van der Waals surface area contributed by atoms with Gasteiger partial charge in [0.05, 0.1) is 18.7 Å². The van der Waals surface area contributed by atoms with Crippen LogP contribution >= 0.6 is 0 Å². The molecular weight excluding hydrogens is 182 g/mol. The molecule has 0 radical (unpaired) electrons. The molecule has 0 fully saturated rings. The number of hydrogen-bond donors (Lipinski definition) is 1. The van der Waals surface area contributed by atoms with Crippen LogP contribution in [0.2, 0.25) is 0 Å². The minimum atomic E-state index is -0.343. The number of hydrogen-bond acceptors (Lipinski definition) is 4. The molecule has 0 aliphatic rings. The van der Waals surface area contributed by atoms with Gasteiger partial charge in [0.25, 0.3) is 0 Å². The van der Waals surface area contributed by atoms with Crippen molar-refractivity contribution in [1.82, 2.24) is 0 Å². The summed E-state index contributed by atoms with van der Waals surface area (Å²) >= 11 is 0. The molecule has 0 aliphatic carbocycles. The van der Waals surface area contributed by atoms with E-state index >= 15 is 0 Å². The van der Waals surface area contributed by atoms with Gasteiger partial charge in [-0.1, -0.05) is 12.1 Å². The van der Waals surface area contributed by atoms with Crippen LogP contribution in [-0.4, -0.2) is 19.7 Å². The summed E-state index contributed by atoms with van der Waals surface area (Å²) in [5.41, 5.74) is 6.05. The molecule has 0 saturated heterocycles. The second-order valence-electron chi connectivity index (χ2n) is 2.75. The van der Waals surface area contributed by atoms with Crippen LogP contribution in [0.15, 0.2) is 24.3 Å². The highest BCUT2D eigenvalue weighted by Crippen LogP contribution is 2.19. The minimum absolute atomic E-state index is 0.227. The number of methoxy groups -OCH3 is 1. The first-order valence-corrected chi connectivity index (χ1v) is 4.28. The topological polar surface area (TPSA) is 61.5 Å². The molecule has 1 rings (SSSR count). The third kappa shape index (κ3) is 3.06. The van der Waals surface area contributed by atoms with Gasteiger partial charge in [-0.2, -0.15) is 0 Å². The Bertz CT molecular complexity index is 312. The molecule has 1 aromatic carbocycles. The Kier molecular flexibility index (Phi) is 3.94. The SMILES string of the molecule is COCCC(=O)Oc1ccccc1N. The summed E-state index contributed by atoms with van der Waals surface area (Å²) in [5, 5.41) is 0. The van der Waals surface area contributed by atoms with E-state index in [4.69, 9.17) is 15.2 Å². The Labute approximate surface area is 82.6 Å². The third-order valence-corrected chi connectivity index (χ3v) is 1.65. The van der Waals surface area contributed by atoms with Gasteiger partial charge in [0.1, 0.15) is 0 Å². The zero-order chi connectivity index (χ0) is 10.4. The number of carbonyl (C=O) groups excluding carboxylic acids is 1. The Balaban J connectivity index is 2.52. The number of para-hydroxylation sites is 2. The van der Waals surface area contributed by atoms with Crippen LogP contribution in [0.3, 0.4) is 0 Å². The zero-order valence-electron chi connectivity index (χ0n) is 8.03. The van der Waals surface area contributed by atoms with Crippen molar-refractivity contribution in [2.75, 3.05) is 19.5 Å². The lowest BCUT2D eigenvalue weighted by molar-refractivity contribution is -0.135. The number of nitrogens with two attached hydrogens (primary N) is 1. The largest absolute Gasteiger partial charge is 0.424 e. The van der Waals surface area contributed by atoms with Crippen LogP contribution in [0, 0.1) is 0 Å². The first kappa shape index (κ1) is 10.5. The molecular formula is C10H13NO3. The van der Waals surface area contributed by atoms with Crippen LogP contribution in [0.1, 0.15) is 6.42 Å². The Morgan fingerprint density at radius 1 is 1.43 bits per heavy atom. The van der Waals surface area contributed by atoms with Gasteiger partial charge in [0.15, 0.2) is 5.75 Å². The second-order valence-corrected chi connectivity index (χ2v) is 2.75. The van der Waals surface area contributed by atoms with E-state index in [0.29, 0.717) is 18.0 Å². The molecule has 0 spiro atoms. The second kappa shape index (κ2) is 5.24. The van der Waals surface area contributed by atoms with Crippen LogP contribution in [0.25, 0.3) is 0 Å². The molecule has 0 unspecified atom stereocenters. The standard InChI is InChI=1S/C10H13NO3/c1-13-7-6-10(12)14-9-5-3-2-4-8(9)11/h2-5H,6-7,11H2,1H3. The normalized spacial score (nSPS) is 9.79. The summed E-state index contributed by atoms with van der Waals surface area (Å²) in [6.07, 6.45) is 0.227. The molecule has 0 aliphatic heterocycles. The maximum Gasteiger partial charge on any atom is 0.313 e. The summed E-state index contributed by atoms with van der Waals surface area (Å²) in [6.45, 7) is 0.353. The summed E-state index contributed by atoms with van der Waals surface area (Å²) in [7, 11) is 1.53. The molecule has 4 nitrogen and oxygen atoms in total. The van der Waals surface area contributed by atoms with Crippen molar-refractivity contribution in [3.63, 3.8) is 0 Å². The van der Waals surface area contributed by atoms with Crippen molar-refractivity contribution in [3.8, 4) is 5.75 Å². The van der Waals surface area contributed by atoms with E-state index in [0.717, 1.165) is 0 Å². The van der Waals surface area contributed by atoms with Gasteiger partial charge in [0.2, 0.25) is 0 Å². The number of ether oxygens (including phenoxy) is 2. The Morgan fingerprint density at radius 2 is 2.14 bits per heavy atom. The quantitative estimate of drug-likeness (QED) is 0.445. The monoisotopic (exact) mass is 195 g/mol. The molecule has 14 heavy (non-hydrogen) atoms. The Morgan fingerprint density at radius 3 is 2.79 bits per heavy atom. The van der Waals surface area contributed by atoms with Crippen LogP contribution in [0.4, 0.5) is 5.69 Å². The van der Waals surface area contributed by atoms with Gasteiger partial charge in [-0.25, -0.2) is 0 Å². The van der Waals surface area contributed by atoms with Gasteiger partial charge in [-0.05, 0) is 12.1 Å². The van der Waals surface area contributed by atoms with E-state index in [2.05, 4.69) is 0 Å². The highest BCUT2D eigenvalue weighted by atomic mass is 16.5. The average Bonchev–Trinajstić information content (AvgIpc) is 2.18. The molecule has 4 heteroatoms. The van der Waals surface area contributed by atoms with E-state index in [1.165, 1.54) is 7.11 Å². The first-order chi connectivity index (χ1) is 6.74. The number of benzene rings is 1. The van der Waals surface area contributed by atoms with E-state index in [1.54, 1.807) is 24.3 Å². The van der Waals surface area contributed by atoms with Crippen LogP contribution in [0.5, 0.6) is 5.75 Å². The fourth-order valence-electron chi connectivity index (χ4n) is 0.933. The highest BCUT2D eigenvalue weighted by molar-refractivity contribution is 5.74. The van der Waals surface area contributed by atoms with E-state index in [1.807, 2.05) is 0 Å². The maximum absolute atomic E-state index is 11.2. The molecule has 0 atom stereocenters. The summed E-state index contributed by atoms with van der Waals surface area (Å²) in [5.74, 6) is 0.0540. The van der Waals surface area contributed by atoms with E-state index in [9.17, 15) is 4.79 Å². The predicted octanol–water partition coefficient (Wildman–Crippen LogP) is 1.21. The Hall–Kier alpha value is -1.55. The van der Waals surface area contributed by atoms with Gasteiger partial charge in [0, 0.05) is 7.11 Å². The number of anilines is 1. The third-order valence-electron chi connectivity index (χ3n) is 1.65. The molecule has 0 heterocycles. The predicted molar refractivity (Wildman–Crippen MR) is 53.0 cm³/mol. The zero-order valence-corrected chi connectivity index (χ0v) is 8.03. The molecule has 0 bridgehead atoms. The fraction of sp³-hybridized carbons (Fsp3) is 0.300. The number of rotatable bonds is 4. The smallest absolute Gasteiger partial charge is 0.313 e. The minimum Gasteiger partial charge on any atom is -0.424 e. The summed E-state index contributed by atoms with van der Waals surface area (Å²) in [4.78, 5) is 11.2. The fourth-order valence-corrected chi connectivity index (χ4v) is 0.933. The van der Waals surface area contributed by atoms with E-state index in [-0.39, 0.29) is 12.4 Å². The van der Waals surface area contributed by atoms with Gasteiger partial charge in [-0.3, -0.25) is 4.79 Å². The van der Waals surface area contributed by atoms with Gasteiger partial charge >= 0.3 is 5.97 Å². The van der Waals surface area contributed by atoms with Crippen LogP contribution < -0.4 is 10.5 Å². The number of carbonyl (C=O) groups is 1. The number of esters is 1. The lowest BCUT2D eigenvalue weighted by Gasteiger charge is -2.05. The van der Waals surface area contributed by atoms with Crippen LogP contribution in [-0.2, 0) is 9.53 Å². The van der Waals surface area contributed by atoms with Gasteiger partial charge < -0.3 is 15.2 Å². The maximum atomic E-state index is 11.2. The summed E-state index contributed by atoms with van der Waals surface area (Å²) in [6, 6.07) is 6.87. The highest BCUT2D eigenvalue weighted by Gasteiger charge is 2.06. The van der Waals surface area contributed by atoms with Crippen molar-refractivity contribution >= 4 is 11.7 Å². The van der Waals surface area contributed by atoms with Crippen molar-refractivity contribution in [2.45, 2.75) is 6.42 Å². The average molecular weight is 195 g/mol. The van der Waals surface area contributed by atoms with Crippen molar-refractivity contribution in [2.24, 2.45) is 0 Å². The van der Waals surface area contributed by atoms with Gasteiger partial charge in [-0.15, -0.1) is 0 Å². The molecule has 2 N–H and O–H groups in total. The molecule has 1 aromatic rings. The molecule has 76 valence electrons. The lowest BCUT2D eigenvalue weighted by Crippen LogP contribution is -2.11. The molecule has 0 saturated carbocycles. The van der Waals surface area contributed by atoms with Crippen molar-refractivity contribution < 1.29 is 14.3 Å². The number of nitrogen functional groups attached to an aromatic ring is 1. The summed E-state index contributed by atoms with van der Waals surface area (Å²) < 4.78 is 9.75. The molecule has 0 amide bonds. The molecule has 0 aromatic heterocycles. The van der Waals surface area contributed by atoms with Crippen molar-refractivity contribution in [1.29, 1.82) is 0 Å². The first-order valence-electron chi connectivity index (χ1n) is 4.28. The van der Waals surface area contributed by atoms with Crippen molar-refractivity contribution in [3.05, 3.63) is 24.3 Å².